The van der Waals surface area contributed by atoms with E-state index in [4.69, 9.17) is 11.6 Å². The molecule has 0 radical (unpaired) electrons. The topological polar surface area (TPSA) is 86.8 Å². The summed E-state index contributed by atoms with van der Waals surface area (Å²) in [5, 5.41) is 9.33. The number of rotatable bonds is 3. The molecule has 0 aliphatic rings. The maximum absolute atomic E-state index is 11.6. The van der Waals surface area contributed by atoms with Gasteiger partial charge >= 0.3 is 0 Å². The lowest BCUT2D eigenvalue weighted by molar-refractivity contribution is 0.0827. The summed E-state index contributed by atoms with van der Waals surface area (Å²) < 4.78 is 0. The summed E-state index contributed by atoms with van der Waals surface area (Å²) in [5.41, 5.74) is 0.513. The van der Waals surface area contributed by atoms with E-state index >= 15 is 0 Å². The van der Waals surface area contributed by atoms with Gasteiger partial charge in [0.05, 0.1) is 5.56 Å². The van der Waals surface area contributed by atoms with E-state index in [1.807, 2.05) is 0 Å². The predicted molar refractivity (Wildman–Crippen MR) is 66.9 cm³/mol. The number of anilines is 2. The van der Waals surface area contributed by atoms with E-state index in [9.17, 15) is 4.79 Å². The van der Waals surface area contributed by atoms with Crippen LogP contribution in [0.1, 0.15) is 10.4 Å². The quantitative estimate of drug-likeness (QED) is 0.874. The molecule has 0 atom stereocenters. The Morgan fingerprint density at radius 3 is 2.72 bits per heavy atom. The zero-order chi connectivity index (χ0) is 13.1. The van der Waals surface area contributed by atoms with Crippen molar-refractivity contribution in [1.29, 1.82) is 0 Å². The van der Waals surface area contributed by atoms with Crippen LogP contribution >= 0.6 is 11.6 Å². The van der Waals surface area contributed by atoms with Gasteiger partial charge in [-0.05, 0) is 23.7 Å². The second kappa shape index (κ2) is 5.01. The van der Waals surface area contributed by atoms with Crippen LogP contribution < -0.4 is 5.32 Å². The summed E-state index contributed by atoms with van der Waals surface area (Å²) in [6.45, 7) is 0. The fraction of sp³-hybridized carbons (Fsp3) is 0.200. The van der Waals surface area contributed by atoms with Gasteiger partial charge in [0.2, 0.25) is 11.2 Å². The smallest absolute Gasteiger partial charge is 0.254 e. The number of pyridine rings is 1. The van der Waals surface area contributed by atoms with Crippen LogP contribution in [0.3, 0.4) is 0 Å². The number of carbonyl (C=O) groups excluding carboxylic acids is 1. The summed E-state index contributed by atoms with van der Waals surface area (Å²) in [7, 11) is 3.37. The minimum absolute atomic E-state index is 0.102. The van der Waals surface area contributed by atoms with Crippen LogP contribution in [0.15, 0.2) is 18.3 Å². The van der Waals surface area contributed by atoms with Crippen LogP contribution in [-0.2, 0) is 0 Å². The average Bonchev–Trinajstić information content (AvgIpc) is 2.75. The molecule has 7 nitrogen and oxygen atoms in total. The van der Waals surface area contributed by atoms with E-state index in [2.05, 4.69) is 25.5 Å². The zero-order valence-corrected chi connectivity index (χ0v) is 10.6. The number of aromatic amines is 1. The van der Waals surface area contributed by atoms with Crippen molar-refractivity contribution in [3.8, 4) is 0 Å². The Labute approximate surface area is 108 Å². The molecule has 0 unspecified atom stereocenters. The molecule has 2 N–H and O–H groups in total. The lowest BCUT2D eigenvalue weighted by atomic mass is 10.2. The second-order valence-electron chi connectivity index (χ2n) is 3.71. The number of hydrogen-bond donors (Lipinski definition) is 2. The first-order valence-corrected chi connectivity index (χ1v) is 5.46. The summed E-state index contributed by atoms with van der Waals surface area (Å²) in [6, 6.07) is 3.34. The van der Waals surface area contributed by atoms with E-state index in [1.54, 1.807) is 26.2 Å². The first-order chi connectivity index (χ1) is 8.56. The van der Waals surface area contributed by atoms with Crippen molar-refractivity contribution in [2.24, 2.45) is 0 Å². The Morgan fingerprint density at radius 1 is 1.44 bits per heavy atom. The van der Waals surface area contributed by atoms with E-state index in [0.29, 0.717) is 17.3 Å². The lowest BCUT2D eigenvalue weighted by Gasteiger charge is -2.09. The third-order valence-electron chi connectivity index (χ3n) is 2.11. The Bertz CT molecular complexity index is 550. The molecule has 8 heteroatoms. The van der Waals surface area contributed by atoms with Crippen LogP contribution in [0.2, 0.25) is 5.28 Å². The van der Waals surface area contributed by atoms with Crippen molar-refractivity contribution >= 4 is 29.3 Å². The summed E-state index contributed by atoms with van der Waals surface area (Å²) in [6.07, 6.45) is 1.49. The molecule has 0 spiro atoms. The molecule has 18 heavy (non-hydrogen) atoms. The average molecular weight is 267 g/mol. The van der Waals surface area contributed by atoms with Gasteiger partial charge < -0.3 is 10.2 Å². The maximum Gasteiger partial charge on any atom is 0.254 e. The number of nitrogens with zero attached hydrogens (tertiary/aromatic N) is 4. The molecule has 0 saturated heterocycles. The molecule has 2 rings (SSSR count). The Morgan fingerprint density at radius 2 is 2.22 bits per heavy atom. The van der Waals surface area contributed by atoms with Gasteiger partial charge in [0.25, 0.3) is 5.91 Å². The van der Waals surface area contributed by atoms with Gasteiger partial charge in [0, 0.05) is 20.3 Å². The van der Waals surface area contributed by atoms with E-state index in [0.717, 1.165) is 0 Å². The molecule has 0 aromatic carbocycles. The Kier molecular flexibility index (Phi) is 3.42. The van der Waals surface area contributed by atoms with Gasteiger partial charge in [-0.1, -0.05) is 0 Å². The molecule has 2 heterocycles. The van der Waals surface area contributed by atoms with E-state index < -0.39 is 0 Å². The normalized spacial score (nSPS) is 10.2. The van der Waals surface area contributed by atoms with Crippen LogP contribution in [0.4, 0.5) is 11.8 Å². The number of hydrogen-bond acceptors (Lipinski definition) is 5. The van der Waals surface area contributed by atoms with Crippen molar-refractivity contribution in [2.45, 2.75) is 0 Å². The van der Waals surface area contributed by atoms with Crippen LogP contribution in [0.25, 0.3) is 0 Å². The number of halogens is 1. The third-order valence-corrected chi connectivity index (χ3v) is 2.28. The minimum Gasteiger partial charge on any atom is -0.345 e. The highest BCUT2D eigenvalue weighted by molar-refractivity contribution is 6.28. The maximum atomic E-state index is 11.6. The van der Waals surface area contributed by atoms with E-state index in [1.165, 1.54) is 11.1 Å². The molecule has 0 aliphatic heterocycles. The molecule has 0 fully saturated rings. The van der Waals surface area contributed by atoms with Crippen molar-refractivity contribution < 1.29 is 4.79 Å². The fourth-order valence-corrected chi connectivity index (χ4v) is 1.39. The standard InChI is InChI=1S/C10H11ClN6O/c1-17(2)8(18)6-3-4-7(12-5-6)13-10-14-9(11)15-16-10/h3-5H,1-2H3,(H2,12,13,14,15,16). The predicted octanol–water partition coefficient (Wildman–Crippen LogP) is 1.30. The SMILES string of the molecule is CN(C)C(=O)c1ccc(Nc2n[nH]c(Cl)n2)nc1. The van der Waals surface area contributed by atoms with Crippen molar-refractivity contribution in [2.75, 3.05) is 19.4 Å². The second-order valence-corrected chi connectivity index (χ2v) is 4.06. The molecule has 0 aliphatic carbocycles. The number of carbonyl (C=O) groups is 1. The minimum atomic E-state index is -0.102. The summed E-state index contributed by atoms with van der Waals surface area (Å²) in [4.78, 5) is 21.1. The van der Waals surface area contributed by atoms with Crippen LogP contribution in [0.5, 0.6) is 0 Å². The number of aromatic nitrogens is 4. The first kappa shape index (κ1) is 12.3. The van der Waals surface area contributed by atoms with Crippen molar-refractivity contribution in [3.63, 3.8) is 0 Å². The van der Waals surface area contributed by atoms with Crippen molar-refractivity contribution in [1.82, 2.24) is 25.1 Å². The highest BCUT2D eigenvalue weighted by Crippen LogP contribution is 2.12. The third kappa shape index (κ3) is 2.75. The monoisotopic (exact) mass is 266 g/mol. The van der Waals surface area contributed by atoms with Crippen molar-refractivity contribution in [3.05, 3.63) is 29.2 Å². The summed E-state index contributed by atoms with van der Waals surface area (Å²) >= 11 is 5.59. The fourth-order valence-electron chi connectivity index (χ4n) is 1.27. The molecule has 0 saturated carbocycles. The van der Waals surface area contributed by atoms with Crippen LogP contribution in [0, 0.1) is 0 Å². The molecule has 2 aromatic heterocycles. The molecule has 0 bridgehead atoms. The number of H-pyrrole nitrogens is 1. The Hall–Kier alpha value is -2.15. The summed E-state index contributed by atoms with van der Waals surface area (Å²) in [5.74, 6) is 0.746. The van der Waals surface area contributed by atoms with Gasteiger partial charge in [0.15, 0.2) is 0 Å². The van der Waals surface area contributed by atoms with Gasteiger partial charge in [-0.15, -0.1) is 5.10 Å². The molecular weight excluding hydrogens is 256 g/mol. The van der Waals surface area contributed by atoms with Crippen LogP contribution in [-0.4, -0.2) is 45.1 Å². The zero-order valence-electron chi connectivity index (χ0n) is 9.81. The number of amides is 1. The first-order valence-electron chi connectivity index (χ1n) is 5.09. The van der Waals surface area contributed by atoms with Gasteiger partial charge in [-0.25, -0.2) is 10.1 Å². The largest absolute Gasteiger partial charge is 0.345 e. The van der Waals surface area contributed by atoms with E-state index in [-0.39, 0.29) is 11.2 Å². The van der Waals surface area contributed by atoms with Gasteiger partial charge in [-0.2, -0.15) is 4.98 Å². The Balaban J connectivity index is 2.10. The highest BCUT2D eigenvalue weighted by Gasteiger charge is 2.08. The number of nitrogens with one attached hydrogen (secondary N) is 2. The van der Waals surface area contributed by atoms with Gasteiger partial charge in [0.1, 0.15) is 5.82 Å². The highest BCUT2D eigenvalue weighted by atomic mass is 35.5. The molecule has 2 aromatic rings. The molecular formula is C10H11ClN6O. The lowest BCUT2D eigenvalue weighted by Crippen LogP contribution is -2.21. The molecule has 1 amide bonds. The molecule has 94 valence electrons. The van der Waals surface area contributed by atoms with Gasteiger partial charge in [-0.3, -0.25) is 4.79 Å².